The van der Waals surface area contributed by atoms with Crippen LogP contribution in [-0.4, -0.2) is 51.7 Å². The molecule has 5 aliphatic rings. The van der Waals surface area contributed by atoms with Crippen molar-refractivity contribution in [2.45, 2.75) is 145 Å². The van der Waals surface area contributed by atoms with Crippen LogP contribution >= 0.6 is 11.6 Å². The van der Waals surface area contributed by atoms with Gasteiger partial charge in [0.15, 0.2) is 5.78 Å². The Labute approximate surface area is 316 Å². The van der Waals surface area contributed by atoms with E-state index in [1.54, 1.807) is 20.0 Å². The van der Waals surface area contributed by atoms with Crippen molar-refractivity contribution in [1.29, 1.82) is 0 Å². The van der Waals surface area contributed by atoms with Gasteiger partial charge in [-0.1, -0.05) is 65.6 Å². The molecule has 5 aliphatic carbocycles. The predicted molar refractivity (Wildman–Crippen MR) is 202 cm³/mol. The molecule has 0 spiro atoms. The molecule has 8 nitrogen and oxygen atoms in total. The number of nitrogens with one attached hydrogen (secondary N) is 1. The molecule has 4 fully saturated rings. The summed E-state index contributed by atoms with van der Waals surface area (Å²) >= 11 is 6.04. The highest BCUT2D eigenvalue weighted by Gasteiger charge is 2.70. The van der Waals surface area contributed by atoms with Gasteiger partial charge in [-0.15, -0.1) is 0 Å². The van der Waals surface area contributed by atoms with E-state index in [-0.39, 0.29) is 51.8 Å². The highest BCUT2D eigenvalue weighted by molar-refractivity contribution is 6.30. The fourth-order valence-electron chi connectivity index (χ4n) is 13.0. The monoisotopic (exact) mass is 738 g/mol. The quantitative estimate of drug-likeness (QED) is 0.204. The van der Waals surface area contributed by atoms with E-state index in [1.807, 2.05) is 12.1 Å². The van der Waals surface area contributed by atoms with E-state index >= 15 is 0 Å². The van der Waals surface area contributed by atoms with Crippen LogP contribution in [0.3, 0.4) is 0 Å². The highest BCUT2D eigenvalue weighted by atomic mass is 35.5. The number of fused-ring (bicyclic) bond motifs is 7. The van der Waals surface area contributed by atoms with Gasteiger partial charge in [-0.3, -0.25) is 19.4 Å². The molecule has 1 aromatic rings. The Balaban J connectivity index is 1.26. The number of aromatic nitrogens is 1. The fourth-order valence-corrected chi connectivity index (χ4v) is 13.1. The van der Waals surface area contributed by atoms with Gasteiger partial charge in [-0.2, -0.15) is 0 Å². The molecule has 288 valence electrons. The van der Waals surface area contributed by atoms with Gasteiger partial charge in [0, 0.05) is 36.5 Å². The molecule has 1 unspecified atom stereocenters. The number of pyridine rings is 1. The number of aliphatic carboxylic acids is 1. The molecule has 0 saturated heterocycles. The van der Waals surface area contributed by atoms with E-state index in [4.69, 9.17) is 16.3 Å². The minimum atomic E-state index is -1.17. The zero-order valence-electron chi connectivity index (χ0n) is 33.0. The molecule has 0 aromatic carbocycles. The van der Waals surface area contributed by atoms with E-state index in [0.717, 1.165) is 62.6 Å². The number of rotatable bonds is 10. The summed E-state index contributed by atoms with van der Waals surface area (Å²) in [6, 6.07) is 3.72. The molecule has 9 atom stereocenters. The Morgan fingerprint density at radius 1 is 1.00 bits per heavy atom. The van der Waals surface area contributed by atoms with Gasteiger partial charge in [-0.05, 0) is 123 Å². The smallest absolute Gasteiger partial charge is 0.309 e. The first-order chi connectivity index (χ1) is 24.1. The lowest BCUT2D eigenvalue weighted by molar-refractivity contribution is -0.235. The molecule has 52 heavy (non-hydrogen) atoms. The molecule has 4 saturated carbocycles. The van der Waals surface area contributed by atoms with Crippen LogP contribution in [0.15, 0.2) is 29.5 Å². The Hall–Kier alpha value is -2.29. The molecule has 6 rings (SSSR count). The SMILES string of the molecule is CC(C)C1=C2[C@H]3CC[C@@H]4[C@@]5(C)CC[C@H](OC(=O)CC(C)(C)C(=O)O)C(C)(C)[C@@H]5CC[C@@]4(C)[C@]3(C)CCC2([C@@H](O)CNCc2ccc(Cl)cn2)CC1=O. The molecule has 3 N–H and O–H groups in total. The Kier molecular flexibility index (Phi) is 10.2. The van der Waals surface area contributed by atoms with Crippen molar-refractivity contribution in [3.63, 3.8) is 0 Å². The summed E-state index contributed by atoms with van der Waals surface area (Å²) < 4.78 is 6.16. The molecule has 0 radical (unpaired) electrons. The Morgan fingerprint density at radius 2 is 1.71 bits per heavy atom. The maximum absolute atomic E-state index is 14.0. The number of ether oxygens (including phenoxy) is 1. The summed E-state index contributed by atoms with van der Waals surface area (Å²) in [6.45, 7) is 20.5. The maximum atomic E-state index is 14.0. The number of hydrogen-bond acceptors (Lipinski definition) is 7. The van der Waals surface area contributed by atoms with Crippen molar-refractivity contribution in [2.24, 2.45) is 56.2 Å². The van der Waals surface area contributed by atoms with Crippen molar-refractivity contribution >= 4 is 29.3 Å². The normalized spacial score (nSPS) is 37.5. The first-order valence-electron chi connectivity index (χ1n) is 19.8. The number of aliphatic hydroxyl groups is 1. The third-order valence-electron chi connectivity index (χ3n) is 15.9. The van der Waals surface area contributed by atoms with Gasteiger partial charge < -0.3 is 20.3 Å². The molecule has 9 heteroatoms. The van der Waals surface area contributed by atoms with Crippen molar-refractivity contribution in [3.05, 3.63) is 40.2 Å². The minimum Gasteiger partial charge on any atom is -0.481 e. The second kappa shape index (κ2) is 13.5. The number of carbonyl (C=O) groups is 3. The molecule has 0 bridgehead atoms. The lowest BCUT2D eigenvalue weighted by Crippen LogP contribution is -2.66. The van der Waals surface area contributed by atoms with Crippen molar-refractivity contribution < 1.29 is 29.3 Å². The number of carboxylic acids is 1. The number of aliphatic hydroxyl groups excluding tert-OH is 1. The number of allylic oxidation sites excluding steroid dienone is 1. The van der Waals surface area contributed by atoms with Crippen LogP contribution in [0.5, 0.6) is 0 Å². The number of carboxylic acid groups (broad SMARTS) is 1. The maximum Gasteiger partial charge on any atom is 0.309 e. The lowest BCUT2D eigenvalue weighted by atomic mass is 9.33. The summed E-state index contributed by atoms with van der Waals surface area (Å²) in [6.07, 6.45) is 8.69. The molecule has 1 aromatic heterocycles. The Bertz CT molecular complexity index is 1620. The predicted octanol–water partition coefficient (Wildman–Crippen LogP) is 8.58. The summed E-state index contributed by atoms with van der Waals surface area (Å²) in [7, 11) is 0. The van der Waals surface area contributed by atoms with E-state index in [0.29, 0.717) is 36.4 Å². The fraction of sp³-hybridized carbons (Fsp3) is 0.767. The Morgan fingerprint density at radius 3 is 2.35 bits per heavy atom. The zero-order chi connectivity index (χ0) is 38.2. The second-order valence-corrected chi connectivity index (χ2v) is 20.1. The number of ketones is 1. The number of halogens is 1. The van der Waals surface area contributed by atoms with Crippen molar-refractivity contribution in [1.82, 2.24) is 10.3 Å². The van der Waals surface area contributed by atoms with Crippen molar-refractivity contribution in [2.75, 3.05) is 6.54 Å². The average Bonchev–Trinajstić information content (AvgIpc) is 3.36. The van der Waals surface area contributed by atoms with E-state index in [2.05, 4.69) is 58.8 Å². The van der Waals surface area contributed by atoms with Crippen LogP contribution in [0.4, 0.5) is 0 Å². The number of nitrogens with zero attached hydrogens (tertiary/aromatic N) is 1. The van der Waals surface area contributed by atoms with Crippen LogP contribution in [0.1, 0.15) is 132 Å². The van der Waals surface area contributed by atoms with Crippen molar-refractivity contribution in [3.8, 4) is 0 Å². The third kappa shape index (κ3) is 6.09. The number of carbonyl (C=O) groups excluding carboxylic acids is 2. The van der Waals surface area contributed by atoms with Gasteiger partial charge in [0.25, 0.3) is 0 Å². The third-order valence-corrected chi connectivity index (χ3v) is 16.2. The van der Waals surface area contributed by atoms with Gasteiger partial charge in [0.05, 0.1) is 28.7 Å². The van der Waals surface area contributed by atoms with Gasteiger partial charge in [0.1, 0.15) is 6.10 Å². The van der Waals surface area contributed by atoms with Gasteiger partial charge >= 0.3 is 11.9 Å². The topological polar surface area (TPSA) is 126 Å². The lowest BCUT2D eigenvalue weighted by Gasteiger charge is -2.72. The summed E-state index contributed by atoms with van der Waals surface area (Å²) in [5, 5.41) is 25.8. The largest absolute Gasteiger partial charge is 0.481 e. The summed E-state index contributed by atoms with van der Waals surface area (Å²) in [4.78, 5) is 43.2. The number of Topliss-reactive ketones (excluding diaryl/α,β-unsaturated/α-hetero) is 1. The van der Waals surface area contributed by atoms with Crippen LogP contribution in [0.25, 0.3) is 0 Å². The van der Waals surface area contributed by atoms with E-state index < -0.39 is 28.9 Å². The van der Waals surface area contributed by atoms with Crippen LogP contribution in [0.2, 0.25) is 5.02 Å². The van der Waals surface area contributed by atoms with Gasteiger partial charge in [-0.25, -0.2) is 0 Å². The summed E-state index contributed by atoms with van der Waals surface area (Å²) in [5.74, 6) is -0.0169. The van der Waals surface area contributed by atoms with Crippen LogP contribution in [-0.2, 0) is 25.7 Å². The first kappa shape index (κ1) is 39.4. The second-order valence-electron chi connectivity index (χ2n) is 19.7. The molecule has 1 heterocycles. The summed E-state index contributed by atoms with van der Waals surface area (Å²) in [5.41, 5.74) is 1.22. The van der Waals surface area contributed by atoms with Gasteiger partial charge in [0.2, 0.25) is 0 Å². The number of hydrogen-bond donors (Lipinski definition) is 3. The standard InChI is InChI=1S/C43H63ClN2O6/c1-25(2)35-29(47)20-43(32(48)24-45-23-27-11-10-26(44)22-46-27)19-18-41(8)28(36(35)43)12-13-31-40(7)16-15-33(52-34(49)21-38(3,4)37(50)51)39(5,6)30(40)14-17-42(31,41)9/h10-11,22,25,28,30-33,45,48H,12-21,23-24H2,1-9H3,(H,50,51)/t28-,30+,31-,32+,33+,40+,41-,42-,43?/m1/s1. The van der Waals surface area contributed by atoms with Crippen LogP contribution in [0, 0.1) is 56.2 Å². The molecule has 0 aliphatic heterocycles. The van der Waals surface area contributed by atoms with E-state index in [9.17, 15) is 24.6 Å². The average molecular weight is 739 g/mol. The highest BCUT2D eigenvalue weighted by Crippen LogP contribution is 2.77. The van der Waals surface area contributed by atoms with E-state index in [1.165, 1.54) is 5.57 Å². The first-order valence-corrected chi connectivity index (χ1v) is 20.2. The number of esters is 1. The zero-order valence-corrected chi connectivity index (χ0v) is 33.8. The minimum absolute atomic E-state index is 0.0241. The molecular weight excluding hydrogens is 676 g/mol. The van der Waals surface area contributed by atoms with Crippen LogP contribution < -0.4 is 5.32 Å². The molecular formula is C43H63ClN2O6. The molecule has 0 amide bonds.